The highest BCUT2D eigenvalue weighted by molar-refractivity contribution is 8.01. The zero-order valence-electron chi connectivity index (χ0n) is 17.4. The number of hydrogen-bond donors (Lipinski definition) is 0. The molecule has 0 unspecified atom stereocenters. The molecule has 4 nitrogen and oxygen atoms in total. The second-order valence-electron chi connectivity index (χ2n) is 8.73. The van der Waals surface area contributed by atoms with Crippen LogP contribution in [0.1, 0.15) is 63.4 Å². The average molecular weight is 419 g/mol. The minimum Gasteiger partial charge on any atom is -0.228 e. The molecule has 1 aromatic heterocycles. The van der Waals surface area contributed by atoms with Crippen molar-refractivity contribution >= 4 is 21.6 Å². The summed E-state index contributed by atoms with van der Waals surface area (Å²) in [4.78, 5) is 9.46. The molecule has 0 aliphatic heterocycles. The van der Waals surface area contributed by atoms with Gasteiger partial charge < -0.3 is 0 Å². The van der Waals surface area contributed by atoms with Crippen molar-refractivity contribution in [2.75, 3.05) is 0 Å². The molecule has 1 saturated carbocycles. The molecule has 0 radical (unpaired) electrons. The quantitative estimate of drug-likeness (QED) is 0.633. The molecule has 2 atom stereocenters. The van der Waals surface area contributed by atoms with E-state index in [0.717, 1.165) is 36.2 Å². The SMILES string of the molecule is Cc1cc(C)nc(S[C@@H]2CCCC[C@@H]2S(=O)(=O)c2ccc(C(C)(C)C)cc2)n1. The van der Waals surface area contributed by atoms with Crippen LogP contribution in [0.5, 0.6) is 0 Å². The summed E-state index contributed by atoms with van der Waals surface area (Å²) in [5.74, 6) is 0. The zero-order valence-corrected chi connectivity index (χ0v) is 19.0. The summed E-state index contributed by atoms with van der Waals surface area (Å²) in [5.41, 5.74) is 2.99. The monoisotopic (exact) mass is 418 g/mol. The fraction of sp³-hybridized carbons (Fsp3) is 0.545. The van der Waals surface area contributed by atoms with Crippen LogP contribution in [0.4, 0.5) is 0 Å². The summed E-state index contributed by atoms with van der Waals surface area (Å²) in [7, 11) is -3.39. The molecule has 3 rings (SSSR count). The molecule has 152 valence electrons. The average Bonchev–Trinajstić information content (AvgIpc) is 2.60. The zero-order chi connectivity index (χ0) is 20.5. The van der Waals surface area contributed by atoms with E-state index < -0.39 is 15.1 Å². The Hall–Kier alpha value is -1.40. The molecule has 2 aromatic rings. The van der Waals surface area contributed by atoms with Gasteiger partial charge in [0.2, 0.25) is 0 Å². The van der Waals surface area contributed by atoms with Crippen LogP contribution in [0.2, 0.25) is 0 Å². The van der Waals surface area contributed by atoms with Crippen LogP contribution in [-0.2, 0) is 15.3 Å². The Morgan fingerprint density at radius 1 is 0.964 bits per heavy atom. The van der Waals surface area contributed by atoms with Gasteiger partial charge in [0.25, 0.3) is 0 Å². The smallest absolute Gasteiger partial charge is 0.188 e. The lowest BCUT2D eigenvalue weighted by Gasteiger charge is -2.30. The van der Waals surface area contributed by atoms with Crippen LogP contribution < -0.4 is 0 Å². The topological polar surface area (TPSA) is 59.9 Å². The number of rotatable bonds is 4. The van der Waals surface area contributed by atoms with Crippen molar-refractivity contribution in [1.82, 2.24) is 9.97 Å². The van der Waals surface area contributed by atoms with Gasteiger partial charge in [0.05, 0.1) is 10.1 Å². The number of benzene rings is 1. The van der Waals surface area contributed by atoms with Gasteiger partial charge >= 0.3 is 0 Å². The van der Waals surface area contributed by atoms with E-state index in [1.807, 2.05) is 32.0 Å². The standard InChI is InChI=1S/C22H30N2O2S2/c1-15-14-16(2)24-21(23-15)27-19-8-6-7-9-20(19)28(25,26)18-12-10-17(11-13-18)22(3,4)5/h10-14,19-20H,6-9H2,1-5H3/t19-,20+/m1/s1. The lowest BCUT2D eigenvalue weighted by atomic mass is 9.87. The molecular weight excluding hydrogens is 388 g/mol. The first-order chi connectivity index (χ1) is 13.1. The summed E-state index contributed by atoms with van der Waals surface area (Å²) in [6.45, 7) is 10.3. The minimum absolute atomic E-state index is 0.00584. The number of aryl methyl sites for hydroxylation is 2. The highest BCUT2D eigenvalue weighted by atomic mass is 32.2. The van der Waals surface area contributed by atoms with Gasteiger partial charge in [-0.3, -0.25) is 0 Å². The highest BCUT2D eigenvalue weighted by Crippen LogP contribution is 2.38. The highest BCUT2D eigenvalue weighted by Gasteiger charge is 2.37. The number of nitrogens with zero attached hydrogens (tertiary/aromatic N) is 2. The van der Waals surface area contributed by atoms with Crippen LogP contribution in [0, 0.1) is 13.8 Å². The Bertz CT molecular complexity index is 912. The molecule has 1 aliphatic carbocycles. The summed E-state index contributed by atoms with van der Waals surface area (Å²) < 4.78 is 26.9. The predicted octanol–water partition coefficient (Wildman–Crippen LogP) is 5.27. The van der Waals surface area contributed by atoms with Gasteiger partial charge in [0.1, 0.15) is 0 Å². The molecule has 6 heteroatoms. The molecule has 0 spiro atoms. The third-order valence-corrected chi connectivity index (χ3v) is 9.03. The summed E-state index contributed by atoms with van der Waals surface area (Å²) in [6.07, 6.45) is 3.59. The molecule has 1 aromatic carbocycles. The van der Waals surface area contributed by atoms with Gasteiger partial charge in [-0.2, -0.15) is 0 Å². The summed E-state index contributed by atoms with van der Waals surface area (Å²) in [6, 6.07) is 9.39. The first kappa shape index (κ1) is 21.3. The van der Waals surface area contributed by atoms with Crippen LogP contribution in [0.25, 0.3) is 0 Å². The van der Waals surface area contributed by atoms with E-state index >= 15 is 0 Å². The van der Waals surface area contributed by atoms with Crippen molar-refractivity contribution in [1.29, 1.82) is 0 Å². The van der Waals surface area contributed by atoms with E-state index in [4.69, 9.17) is 0 Å². The van der Waals surface area contributed by atoms with Crippen molar-refractivity contribution < 1.29 is 8.42 Å². The third-order valence-electron chi connectivity index (χ3n) is 5.31. The largest absolute Gasteiger partial charge is 0.228 e. The van der Waals surface area contributed by atoms with Gasteiger partial charge in [-0.05, 0) is 55.9 Å². The van der Waals surface area contributed by atoms with Crippen LogP contribution >= 0.6 is 11.8 Å². The van der Waals surface area contributed by atoms with E-state index in [1.54, 1.807) is 12.1 Å². The van der Waals surface area contributed by atoms with E-state index in [0.29, 0.717) is 16.5 Å². The molecule has 28 heavy (non-hydrogen) atoms. The molecule has 1 fully saturated rings. The third kappa shape index (κ3) is 4.77. The van der Waals surface area contributed by atoms with Crippen molar-refractivity contribution in [3.63, 3.8) is 0 Å². The van der Waals surface area contributed by atoms with Gasteiger partial charge in [-0.15, -0.1) is 0 Å². The van der Waals surface area contributed by atoms with Gasteiger partial charge in [0, 0.05) is 16.6 Å². The first-order valence-corrected chi connectivity index (χ1v) is 12.3. The van der Waals surface area contributed by atoms with Gasteiger partial charge in [0.15, 0.2) is 15.0 Å². The van der Waals surface area contributed by atoms with Crippen LogP contribution in [0.15, 0.2) is 40.4 Å². The summed E-state index contributed by atoms with van der Waals surface area (Å²) >= 11 is 1.53. The maximum atomic E-state index is 13.4. The molecule has 0 amide bonds. The van der Waals surface area contributed by atoms with Crippen molar-refractivity contribution in [2.45, 2.75) is 86.3 Å². The molecule has 1 aliphatic rings. The minimum atomic E-state index is -3.39. The maximum absolute atomic E-state index is 13.4. The molecular formula is C22H30N2O2S2. The second kappa shape index (κ2) is 8.15. The number of aromatic nitrogens is 2. The lowest BCUT2D eigenvalue weighted by molar-refractivity contribution is 0.492. The maximum Gasteiger partial charge on any atom is 0.188 e. The van der Waals surface area contributed by atoms with Gasteiger partial charge in [-0.25, -0.2) is 18.4 Å². The van der Waals surface area contributed by atoms with Crippen molar-refractivity contribution in [2.24, 2.45) is 0 Å². The van der Waals surface area contributed by atoms with Crippen LogP contribution in [-0.4, -0.2) is 28.9 Å². The fourth-order valence-electron chi connectivity index (χ4n) is 3.75. The molecule has 0 N–H and O–H groups in total. The Morgan fingerprint density at radius 2 is 1.54 bits per heavy atom. The van der Waals surface area contributed by atoms with E-state index in [2.05, 4.69) is 30.7 Å². The van der Waals surface area contributed by atoms with Crippen LogP contribution in [0.3, 0.4) is 0 Å². The number of sulfone groups is 1. The normalized spacial score (nSPS) is 20.9. The van der Waals surface area contributed by atoms with E-state index in [-0.39, 0.29) is 10.7 Å². The second-order valence-corrected chi connectivity index (χ2v) is 12.1. The van der Waals surface area contributed by atoms with E-state index in [9.17, 15) is 8.42 Å². The summed E-state index contributed by atoms with van der Waals surface area (Å²) in [5, 5.41) is 0.283. The Kier molecular flexibility index (Phi) is 6.20. The Balaban J connectivity index is 1.87. The number of thioether (sulfide) groups is 1. The molecule has 0 saturated heterocycles. The fourth-order valence-corrected chi connectivity index (χ4v) is 7.47. The first-order valence-electron chi connectivity index (χ1n) is 9.91. The van der Waals surface area contributed by atoms with Crippen molar-refractivity contribution in [3.8, 4) is 0 Å². The van der Waals surface area contributed by atoms with Crippen molar-refractivity contribution in [3.05, 3.63) is 47.3 Å². The Labute approximate surface area is 173 Å². The number of hydrogen-bond acceptors (Lipinski definition) is 5. The molecule has 1 heterocycles. The molecule has 0 bridgehead atoms. The Morgan fingerprint density at radius 3 is 2.11 bits per heavy atom. The predicted molar refractivity (Wildman–Crippen MR) is 116 cm³/mol. The lowest BCUT2D eigenvalue weighted by Crippen LogP contribution is -2.35. The van der Waals surface area contributed by atoms with Gasteiger partial charge in [-0.1, -0.05) is 57.5 Å². The van der Waals surface area contributed by atoms with E-state index in [1.165, 1.54) is 11.8 Å².